The van der Waals surface area contributed by atoms with Crippen LogP contribution < -0.4 is 11.1 Å². The minimum absolute atomic E-state index is 0.329. The van der Waals surface area contributed by atoms with Crippen molar-refractivity contribution in [2.75, 3.05) is 11.1 Å². The van der Waals surface area contributed by atoms with Crippen molar-refractivity contribution < 1.29 is 4.39 Å². The molecule has 0 aliphatic carbocycles. The number of anilines is 3. The van der Waals surface area contributed by atoms with Crippen LogP contribution in [0, 0.1) is 5.82 Å². The van der Waals surface area contributed by atoms with E-state index in [0.717, 1.165) is 16.6 Å². The van der Waals surface area contributed by atoms with Gasteiger partial charge in [0.05, 0.1) is 22.6 Å². The van der Waals surface area contributed by atoms with Crippen LogP contribution in [0.1, 0.15) is 0 Å². The fourth-order valence-corrected chi connectivity index (χ4v) is 1.99. The summed E-state index contributed by atoms with van der Waals surface area (Å²) in [5.41, 5.74) is 8.50. The van der Waals surface area contributed by atoms with Crippen LogP contribution >= 0.6 is 0 Å². The number of halogens is 1. The molecule has 3 aromatic rings. The normalized spacial score (nSPS) is 10.6. The molecule has 0 aliphatic heterocycles. The van der Waals surface area contributed by atoms with Gasteiger partial charge < -0.3 is 11.1 Å². The molecule has 94 valence electrons. The molecule has 3 nitrogen and oxygen atoms in total. The molecular weight excluding hydrogens is 241 g/mol. The number of pyridine rings is 1. The van der Waals surface area contributed by atoms with E-state index in [0.29, 0.717) is 11.4 Å². The third-order valence-electron chi connectivity index (χ3n) is 2.92. The molecule has 0 radical (unpaired) electrons. The van der Waals surface area contributed by atoms with E-state index in [2.05, 4.69) is 10.3 Å². The van der Waals surface area contributed by atoms with Gasteiger partial charge in [-0.25, -0.2) is 4.39 Å². The molecule has 1 aromatic heterocycles. The first-order valence-electron chi connectivity index (χ1n) is 5.90. The van der Waals surface area contributed by atoms with E-state index in [-0.39, 0.29) is 5.82 Å². The summed E-state index contributed by atoms with van der Waals surface area (Å²) in [4.78, 5) is 4.33. The van der Waals surface area contributed by atoms with E-state index < -0.39 is 0 Å². The number of hydrogen-bond acceptors (Lipinski definition) is 3. The van der Waals surface area contributed by atoms with Crippen molar-refractivity contribution in [2.24, 2.45) is 0 Å². The molecule has 3 N–H and O–H groups in total. The summed E-state index contributed by atoms with van der Waals surface area (Å²) in [6.07, 6.45) is 1.72. The Balaban J connectivity index is 2.08. The van der Waals surface area contributed by atoms with Gasteiger partial charge >= 0.3 is 0 Å². The first kappa shape index (κ1) is 11.5. The van der Waals surface area contributed by atoms with Crippen molar-refractivity contribution in [3.63, 3.8) is 0 Å². The topological polar surface area (TPSA) is 50.9 Å². The maximum Gasteiger partial charge on any atom is 0.125 e. The molecule has 0 spiro atoms. The lowest BCUT2D eigenvalue weighted by atomic mass is 10.2. The molecule has 0 saturated heterocycles. The average Bonchev–Trinajstić information content (AvgIpc) is 2.43. The van der Waals surface area contributed by atoms with Gasteiger partial charge in [0.15, 0.2) is 0 Å². The van der Waals surface area contributed by atoms with Gasteiger partial charge in [-0.3, -0.25) is 4.98 Å². The van der Waals surface area contributed by atoms with Crippen molar-refractivity contribution in [1.82, 2.24) is 4.98 Å². The van der Waals surface area contributed by atoms with Crippen LogP contribution in [0.2, 0.25) is 0 Å². The molecule has 2 aromatic carbocycles. The third kappa shape index (κ3) is 2.20. The molecule has 0 amide bonds. The van der Waals surface area contributed by atoms with Crippen LogP contribution in [0.25, 0.3) is 10.9 Å². The third-order valence-corrected chi connectivity index (χ3v) is 2.92. The quantitative estimate of drug-likeness (QED) is 0.685. The van der Waals surface area contributed by atoms with E-state index in [1.807, 2.05) is 30.3 Å². The van der Waals surface area contributed by atoms with Gasteiger partial charge in [-0.2, -0.15) is 0 Å². The molecule has 0 atom stereocenters. The molecule has 1 heterocycles. The number of nitrogens with two attached hydrogens (primary N) is 1. The lowest BCUT2D eigenvalue weighted by Crippen LogP contribution is -1.98. The van der Waals surface area contributed by atoms with Crippen LogP contribution in [0.15, 0.2) is 54.7 Å². The highest BCUT2D eigenvalue weighted by Crippen LogP contribution is 2.28. The zero-order valence-electron chi connectivity index (χ0n) is 10.1. The fourth-order valence-electron chi connectivity index (χ4n) is 1.99. The smallest absolute Gasteiger partial charge is 0.125 e. The zero-order chi connectivity index (χ0) is 13.2. The molecule has 0 saturated carbocycles. The van der Waals surface area contributed by atoms with Crippen molar-refractivity contribution >= 4 is 28.0 Å². The van der Waals surface area contributed by atoms with Gasteiger partial charge in [-0.1, -0.05) is 18.2 Å². The number of para-hydroxylation sites is 1. The number of nitrogens with one attached hydrogen (secondary N) is 1. The van der Waals surface area contributed by atoms with Gasteiger partial charge in [0.1, 0.15) is 5.82 Å². The Labute approximate surface area is 109 Å². The number of benzene rings is 2. The summed E-state index contributed by atoms with van der Waals surface area (Å²) < 4.78 is 13.3. The Morgan fingerprint density at radius 2 is 1.84 bits per heavy atom. The lowest BCUT2D eigenvalue weighted by molar-refractivity contribution is 0.628. The van der Waals surface area contributed by atoms with Crippen molar-refractivity contribution in [3.8, 4) is 0 Å². The van der Waals surface area contributed by atoms with Crippen molar-refractivity contribution in [1.29, 1.82) is 0 Å². The highest BCUT2D eigenvalue weighted by Gasteiger charge is 2.05. The first-order valence-corrected chi connectivity index (χ1v) is 5.90. The minimum atomic E-state index is -0.329. The number of hydrogen-bond donors (Lipinski definition) is 2. The second-order valence-electron chi connectivity index (χ2n) is 4.24. The van der Waals surface area contributed by atoms with Gasteiger partial charge in [0, 0.05) is 11.6 Å². The molecule has 0 fully saturated rings. The van der Waals surface area contributed by atoms with E-state index in [1.54, 1.807) is 6.20 Å². The standard InChI is InChI=1S/C15H12FN3/c16-11-6-7-12(17)14(9-11)19-13-5-1-3-10-4-2-8-18-15(10)13/h1-9,19H,17H2. The molecule has 0 unspecified atom stereocenters. The van der Waals surface area contributed by atoms with Gasteiger partial charge in [0.2, 0.25) is 0 Å². The fraction of sp³-hybridized carbons (Fsp3) is 0. The summed E-state index contributed by atoms with van der Waals surface area (Å²) in [5, 5.41) is 4.14. The first-order chi connectivity index (χ1) is 9.24. The molecule has 19 heavy (non-hydrogen) atoms. The van der Waals surface area contributed by atoms with Crippen molar-refractivity contribution in [2.45, 2.75) is 0 Å². The predicted octanol–water partition coefficient (Wildman–Crippen LogP) is 3.70. The van der Waals surface area contributed by atoms with Gasteiger partial charge in [0.25, 0.3) is 0 Å². The zero-order valence-corrected chi connectivity index (χ0v) is 10.1. The van der Waals surface area contributed by atoms with Crippen LogP contribution in [-0.2, 0) is 0 Å². The van der Waals surface area contributed by atoms with E-state index >= 15 is 0 Å². The van der Waals surface area contributed by atoms with Crippen LogP contribution in [0.3, 0.4) is 0 Å². The summed E-state index contributed by atoms with van der Waals surface area (Å²) in [6.45, 7) is 0. The van der Waals surface area contributed by atoms with Gasteiger partial charge in [-0.05, 0) is 30.3 Å². The van der Waals surface area contributed by atoms with Crippen LogP contribution in [-0.4, -0.2) is 4.98 Å². The van der Waals surface area contributed by atoms with E-state index in [9.17, 15) is 4.39 Å². The molecule has 0 aliphatic rings. The monoisotopic (exact) mass is 253 g/mol. The van der Waals surface area contributed by atoms with Crippen molar-refractivity contribution in [3.05, 3.63) is 60.5 Å². The summed E-state index contributed by atoms with van der Waals surface area (Å²) in [7, 11) is 0. The Hall–Kier alpha value is -2.62. The summed E-state index contributed by atoms with van der Waals surface area (Å²) >= 11 is 0. The van der Waals surface area contributed by atoms with E-state index in [4.69, 9.17) is 5.73 Å². The number of nitrogens with zero attached hydrogens (tertiary/aromatic N) is 1. The van der Waals surface area contributed by atoms with Crippen LogP contribution in [0.4, 0.5) is 21.5 Å². The number of fused-ring (bicyclic) bond motifs is 1. The number of aromatic nitrogens is 1. The number of rotatable bonds is 2. The highest BCUT2D eigenvalue weighted by atomic mass is 19.1. The summed E-state index contributed by atoms with van der Waals surface area (Å²) in [6, 6.07) is 13.9. The predicted molar refractivity (Wildman–Crippen MR) is 75.8 cm³/mol. The largest absolute Gasteiger partial charge is 0.397 e. The Bertz CT molecular complexity index is 735. The molecule has 4 heteroatoms. The Morgan fingerprint density at radius 1 is 1.00 bits per heavy atom. The Morgan fingerprint density at radius 3 is 2.74 bits per heavy atom. The second kappa shape index (κ2) is 4.57. The average molecular weight is 253 g/mol. The second-order valence-corrected chi connectivity index (χ2v) is 4.24. The van der Waals surface area contributed by atoms with Crippen LogP contribution in [0.5, 0.6) is 0 Å². The maximum atomic E-state index is 13.3. The molecule has 3 rings (SSSR count). The SMILES string of the molecule is Nc1ccc(F)cc1Nc1cccc2cccnc12. The van der Waals surface area contributed by atoms with Gasteiger partial charge in [-0.15, -0.1) is 0 Å². The minimum Gasteiger partial charge on any atom is -0.397 e. The highest BCUT2D eigenvalue weighted by molar-refractivity contribution is 5.93. The maximum absolute atomic E-state index is 13.3. The molecule has 0 bridgehead atoms. The summed E-state index contributed by atoms with van der Waals surface area (Å²) in [5.74, 6) is -0.329. The molecular formula is C15H12FN3. The lowest BCUT2D eigenvalue weighted by Gasteiger charge is -2.11. The number of nitrogen functional groups attached to an aromatic ring is 1. The van der Waals surface area contributed by atoms with E-state index in [1.165, 1.54) is 18.2 Å². The Kier molecular flexibility index (Phi) is 2.76.